The Labute approximate surface area is 168 Å². The predicted molar refractivity (Wildman–Crippen MR) is 108 cm³/mol. The molecule has 0 amide bonds. The van der Waals surface area contributed by atoms with Crippen molar-refractivity contribution in [2.24, 2.45) is 5.73 Å². The van der Waals surface area contributed by atoms with Crippen molar-refractivity contribution < 1.29 is 22.5 Å². The van der Waals surface area contributed by atoms with Gasteiger partial charge in [0, 0.05) is 16.5 Å². The van der Waals surface area contributed by atoms with Gasteiger partial charge in [0.1, 0.15) is 6.61 Å². The number of hydrogen-bond acceptors (Lipinski definition) is 5. The molecular weight excluding hydrogens is 434 g/mol. The number of esters is 1. The molecule has 27 heavy (non-hydrogen) atoms. The zero-order valence-electron chi connectivity index (χ0n) is 14.9. The van der Waals surface area contributed by atoms with Gasteiger partial charge in [0.15, 0.2) is 0 Å². The van der Waals surface area contributed by atoms with Gasteiger partial charge in [-0.15, -0.1) is 0 Å². The van der Waals surface area contributed by atoms with Crippen LogP contribution in [0.4, 0.5) is 0 Å². The average Bonchev–Trinajstić information content (AvgIpc) is 2.65. The summed E-state index contributed by atoms with van der Waals surface area (Å²) in [6, 6.07) is 15.2. The molecule has 0 unspecified atom stereocenters. The maximum absolute atomic E-state index is 11.4. The number of rotatable bonds is 8. The first-order valence-corrected chi connectivity index (χ1v) is 10.7. The van der Waals surface area contributed by atoms with Crippen LogP contribution >= 0.6 is 15.9 Å². The van der Waals surface area contributed by atoms with E-state index in [1.165, 1.54) is 12.1 Å². The van der Waals surface area contributed by atoms with Crippen molar-refractivity contribution in [2.75, 3.05) is 6.54 Å². The van der Waals surface area contributed by atoms with Gasteiger partial charge < -0.3 is 10.5 Å². The highest BCUT2D eigenvalue weighted by Crippen LogP contribution is 2.17. The molecule has 0 aliphatic heterocycles. The first-order valence-electron chi connectivity index (χ1n) is 8.46. The van der Waals surface area contributed by atoms with Gasteiger partial charge in [-0.1, -0.05) is 58.7 Å². The van der Waals surface area contributed by atoms with E-state index in [0.29, 0.717) is 19.6 Å². The van der Waals surface area contributed by atoms with E-state index in [2.05, 4.69) is 15.9 Å². The van der Waals surface area contributed by atoms with Crippen LogP contribution in [-0.4, -0.2) is 25.5 Å². The summed E-state index contributed by atoms with van der Waals surface area (Å²) in [4.78, 5) is 11.3. The summed E-state index contributed by atoms with van der Waals surface area (Å²) in [5.41, 5.74) is 6.36. The minimum absolute atomic E-state index is 0.0741. The van der Waals surface area contributed by atoms with E-state index in [9.17, 15) is 13.2 Å². The fourth-order valence-corrected chi connectivity index (χ4v) is 2.93. The molecular formula is C19H24BrNO5S. The summed E-state index contributed by atoms with van der Waals surface area (Å²) >= 11 is 3.41. The molecule has 0 fully saturated rings. The van der Waals surface area contributed by atoms with Crippen molar-refractivity contribution in [3.63, 3.8) is 0 Å². The lowest BCUT2D eigenvalue weighted by atomic mass is 10.2. The third kappa shape index (κ3) is 10.2. The van der Waals surface area contributed by atoms with E-state index >= 15 is 0 Å². The van der Waals surface area contributed by atoms with Gasteiger partial charge >= 0.3 is 5.97 Å². The van der Waals surface area contributed by atoms with Crippen LogP contribution in [0, 0.1) is 0 Å². The summed E-state index contributed by atoms with van der Waals surface area (Å²) in [5, 5.41) is 0. The average molecular weight is 458 g/mol. The monoisotopic (exact) mass is 457 g/mol. The van der Waals surface area contributed by atoms with Crippen LogP contribution in [-0.2, 0) is 26.3 Å². The molecule has 0 radical (unpaired) electrons. The Bertz CT molecular complexity index is 797. The van der Waals surface area contributed by atoms with Crippen molar-refractivity contribution in [3.8, 4) is 0 Å². The summed E-state index contributed by atoms with van der Waals surface area (Å²) in [7, 11) is -4.00. The van der Waals surface area contributed by atoms with Gasteiger partial charge in [-0.2, -0.15) is 8.42 Å². The van der Waals surface area contributed by atoms with E-state index < -0.39 is 10.1 Å². The lowest BCUT2D eigenvalue weighted by Crippen LogP contribution is -2.05. The third-order valence-corrected chi connectivity index (χ3v) is 5.11. The lowest BCUT2D eigenvalue weighted by Gasteiger charge is -2.06. The molecule has 2 rings (SSSR count). The molecule has 0 aliphatic rings. The molecule has 0 heterocycles. The first kappa shape index (κ1) is 23.3. The van der Waals surface area contributed by atoms with Crippen LogP contribution in [0.3, 0.4) is 0 Å². The fraction of sp³-hybridized carbons (Fsp3) is 0.316. The van der Waals surface area contributed by atoms with Crippen molar-refractivity contribution in [1.82, 2.24) is 0 Å². The summed E-state index contributed by atoms with van der Waals surface area (Å²) in [6.07, 6.45) is 3.29. The number of carbonyl (C=O) groups is 1. The number of halogens is 1. The Kier molecular flexibility index (Phi) is 10.9. The van der Waals surface area contributed by atoms with E-state index in [4.69, 9.17) is 15.0 Å². The number of hydrogen-bond donors (Lipinski definition) is 2. The number of ether oxygens (including phenoxy) is 1. The second-order valence-electron chi connectivity index (χ2n) is 5.64. The van der Waals surface area contributed by atoms with Crippen molar-refractivity contribution in [1.29, 1.82) is 0 Å². The molecule has 3 N–H and O–H groups in total. The number of unbranched alkanes of at least 4 members (excludes halogenated alkanes) is 2. The molecule has 0 spiro atoms. The molecule has 0 bridgehead atoms. The summed E-state index contributed by atoms with van der Waals surface area (Å²) in [6.45, 7) is 1.02. The normalized spacial score (nSPS) is 10.6. The van der Waals surface area contributed by atoms with Gasteiger partial charge in [0.25, 0.3) is 10.1 Å². The van der Waals surface area contributed by atoms with Crippen LogP contribution in [0.25, 0.3) is 0 Å². The standard InChI is InChI=1S/C13H18BrNO2.C6H6O3S/c14-12-7-4-3-6-11(12)10-17-13(16)8-2-1-5-9-15;7-10(8,9)6-4-2-1-3-5-6/h3-4,6-7H,1-2,5,8-10,15H2;1-5H,(H,7,8,9). The highest BCUT2D eigenvalue weighted by molar-refractivity contribution is 9.10. The van der Waals surface area contributed by atoms with Crippen LogP contribution in [0.2, 0.25) is 0 Å². The van der Waals surface area contributed by atoms with Gasteiger partial charge in [0.05, 0.1) is 4.90 Å². The Morgan fingerprint density at radius 1 is 1.00 bits per heavy atom. The maximum atomic E-state index is 11.4. The van der Waals surface area contributed by atoms with Crippen LogP contribution in [0.15, 0.2) is 64.0 Å². The van der Waals surface area contributed by atoms with E-state index in [1.54, 1.807) is 18.2 Å². The van der Waals surface area contributed by atoms with Crippen molar-refractivity contribution in [3.05, 3.63) is 64.6 Å². The van der Waals surface area contributed by atoms with Crippen LogP contribution < -0.4 is 5.73 Å². The molecule has 0 aromatic heterocycles. The minimum Gasteiger partial charge on any atom is -0.461 e. The fourth-order valence-electron chi connectivity index (χ4n) is 2.03. The molecule has 2 aromatic carbocycles. The molecule has 0 saturated heterocycles. The highest BCUT2D eigenvalue weighted by Gasteiger charge is 2.06. The van der Waals surface area contributed by atoms with Crippen molar-refractivity contribution >= 4 is 32.0 Å². The molecule has 0 saturated carbocycles. The Balaban J connectivity index is 0.000000309. The zero-order chi connectivity index (χ0) is 20.1. The quantitative estimate of drug-likeness (QED) is 0.353. The van der Waals surface area contributed by atoms with Crippen LogP contribution in [0.5, 0.6) is 0 Å². The maximum Gasteiger partial charge on any atom is 0.306 e. The minimum atomic E-state index is -4.00. The highest BCUT2D eigenvalue weighted by atomic mass is 79.9. The predicted octanol–water partition coefficient (Wildman–Crippen LogP) is 3.94. The number of carbonyl (C=O) groups excluding carboxylic acids is 1. The summed E-state index contributed by atoms with van der Waals surface area (Å²) in [5.74, 6) is -0.141. The lowest BCUT2D eigenvalue weighted by molar-refractivity contribution is -0.145. The molecule has 148 valence electrons. The number of benzene rings is 2. The van der Waals surface area contributed by atoms with E-state index in [0.717, 1.165) is 29.3 Å². The van der Waals surface area contributed by atoms with Crippen LogP contribution in [0.1, 0.15) is 31.2 Å². The smallest absolute Gasteiger partial charge is 0.306 e. The Hall–Kier alpha value is -1.74. The molecule has 0 atom stereocenters. The molecule has 6 nitrogen and oxygen atoms in total. The van der Waals surface area contributed by atoms with Gasteiger partial charge in [-0.25, -0.2) is 0 Å². The summed E-state index contributed by atoms with van der Waals surface area (Å²) < 4.78 is 35.4. The van der Waals surface area contributed by atoms with E-state index in [-0.39, 0.29) is 10.9 Å². The van der Waals surface area contributed by atoms with Crippen molar-refractivity contribution in [2.45, 2.75) is 37.2 Å². The second kappa shape index (κ2) is 12.6. The molecule has 8 heteroatoms. The Morgan fingerprint density at radius 3 is 2.19 bits per heavy atom. The number of nitrogens with two attached hydrogens (primary N) is 1. The zero-order valence-corrected chi connectivity index (χ0v) is 17.3. The second-order valence-corrected chi connectivity index (χ2v) is 7.92. The van der Waals surface area contributed by atoms with Gasteiger partial charge in [0.2, 0.25) is 0 Å². The van der Waals surface area contributed by atoms with E-state index in [1.807, 2.05) is 24.3 Å². The SMILES string of the molecule is NCCCCCC(=O)OCc1ccccc1Br.O=S(=O)(O)c1ccccc1. The topological polar surface area (TPSA) is 107 Å². The Morgan fingerprint density at radius 2 is 1.63 bits per heavy atom. The molecule has 2 aromatic rings. The first-order chi connectivity index (χ1) is 12.8. The molecule has 0 aliphatic carbocycles. The van der Waals surface area contributed by atoms with Gasteiger partial charge in [-0.05, 0) is 37.6 Å². The largest absolute Gasteiger partial charge is 0.461 e. The third-order valence-electron chi connectivity index (χ3n) is 3.47. The van der Waals surface area contributed by atoms with Gasteiger partial charge in [-0.3, -0.25) is 9.35 Å².